The van der Waals surface area contributed by atoms with E-state index in [-0.39, 0.29) is 16.8 Å². The van der Waals surface area contributed by atoms with Crippen molar-refractivity contribution in [3.8, 4) is 5.75 Å². The molecule has 3 rings (SSSR count). The van der Waals surface area contributed by atoms with E-state index < -0.39 is 15.6 Å². The lowest BCUT2D eigenvalue weighted by molar-refractivity contribution is 0.242. The van der Waals surface area contributed by atoms with E-state index in [0.717, 1.165) is 5.56 Å². The van der Waals surface area contributed by atoms with Crippen molar-refractivity contribution in [2.45, 2.75) is 43.2 Å². The molecule has 1 N–H and O–H groups in total. The van der Waals surface area contributed by atoms with Gasteiger partial charge in [-0.25, -0.2) is 17.5 Å². The van der Waals surface area contributed by atoms with Gasteiger partial charge in [-0.2, -0.15) is 0 Å². The van der Waals surface area contributed by atoms with Crippen LogP contribution < -0.4 is 9.46 Å². The fourth-order valence-corrected chi connectivity index (χ4v) is 4.08. The van der Waals surface area contributed by atoms with Crippen LogP contribution in [0, 0.1) is 5.82 Å². The summed E-state index contributed by atoms with van der Waals surface area (Å²) in [4.78, 5) is 0.187. The Bertz CT molecular complexity index is 810. The highest BCUT2D eigenvalue weighted by molar-refractivity contribution is 7.89. The molecule has 2 aromatic rings. The van der Waals surface area contributed by atoms with Crippen LogP contribution in [0.3, 0.4) is 0 Å². The first-order valence-electron chi connectivity index (χ1n) is 7.87. The predicted molar refractivity (Wildman–Crippen MR) is 89.8 cm³/mol. The molecular formula is C18H20FNO3S. The Morgan fingerprint density at radius 3 is 2.12 bits per heavy atom. The standard InChI is InChI=1S/C18H20FNO3S/c1-13(2)23-16-7-9-17(10-8-16)24(21,22)20-18(11-12-18)14-3-5-15(19)6-4-14/h3-10,13,20H,11-12H2,1-2H3. The largest absolute Gasteiger partial charge is 0.491 e. The molecule has 24 heavy (non-hydrogen) atoms. The fraction of sp³-hybridized carbons (Fsp3) is 0.333. The van der Waals surface area contributed by atoms with Crippen LogP contribution in [0.15, 0.2) is 53.4 Å². The van der Waals surface area contributed by atoms with Crippen molar-refractivity contribution in [1.29, 1.82) is 0 Å². The van der Waals surface area contributed by atoms with Crippen LogP contribution in [0.2, 0.25) is 0 Å². The lowest BCUT2D eigenvalue weighted by Gasteiger charge is -2.18. The van der Waals surface area contributed by atoms with Gasteiger partial charge in [0.05, 0.1) is 16.5 Å². The second-order valence-corrected chi connectivity index (χ2v) is 8.01. The van der Waals surface area contributed by atoms with Crippen LogP contribution in [0.25, 0.3) is 0 Å². The first-order valence-corrected chi connectivity index (χ1v) is 9.36. The molecule has 0 spiro atoms. The van der Waals surface area contributed by atoms with Gasteiger partial charge in [0.1, 0.15) is 11.6 Å². The third kappa shape index (κ3) is 3.60. The highest BCUT2D eigenvalue weighted by Gasteiger charge is 2.47. The Hall–Kier alpha value is -1.92. The minimum atomic E-state index is -3.66. The highest BCUT2D eigenvalue weighted by Crippen LogP contribution is 2.46. The van der Waals surface area contributed by atoms with E-state index in [9.17, 15) is 12.8 Å². The van der Waals surface area contributed by atoms with Crippen molar-refractivity contribution in [1.82, 2.24) is 4.72 Å². The summed E-state index contributed by atoms with van der Waals surface area (Å²) in [6.07, 6.45) is 1.43. The molecule has 0 bridgehead atoms. The molecule has 1 fully saturated rings. The van der Waals surface area contributed by atoms with E-state index in [1.54, 1.807) is 24.3 Å². The van der Waals surface area contributed by atoms with Gasteiger partial charge in [0.15, 0.2) is 0 Å². The van der Waals surface area contributed by atoms with Crippen LogP contribution in [-0.2, 0) is 15.6 Å². The Morgan fingerprint density at radius 1 is 1.04 bits per heavy atom. The van der Waals surface area contributed by atoms with E-state index in [1.165, 1.54) is 24.3 Å². The average molecular weight is 349 g/mol. The van der Waals surface area contributed by atoms with Gasteiger partial charge in [-0.15, -0.1) is 0 Å². The van der Waals surface area contributed by atoms with Gasteiger partial charge in [0.2, 0.25) is 10.0 Å². The Balaban J connectivity index is 1.80. The number of hydrogen-bond donors (Lipinski definition) is 1. The van der Waals surface area contributed by atoms with Gasteiger partial charge in [0.25, 0.3) is 0 Å². The third-order valence-corrected chi connectivity index (χ3v) is 5.53. The average Bonchev–Trinajstić information content (AvgIpc) is 3.28. The second kappa shape index (κ2) is 6.18. The summed E-state index contributed by atoms with van der Waals surface area (Å²) in [5, 5.41) is 0. The Kier molecular flexibility index (Phi) is 4.36. The van der Waals surface area contributed by atoms with Gasteiger partial charge in [-0.05, 0) is 68.7 Å². The fourth-order valence-electron chi connectivity index (χ4n) is 2.63. The number of rotatable bonds is 6. The molecule has 1 aliphatic rings. The second-order valence-electron chi connectivity index (χ2n) is 6.33. The van der Waals surface area contributed by atoms with E-state index in [4.69, 9.17) is 4.74 Å². The normalized spacial score (nSPS) is 16.2. The molecule has 0 radical (unpaired) electrons. The van der Waals surface area contributed by atoms with E-state index in [2.05, 4.69) is 4.72 Å². The van der Waals surface area contributed by atoms with Gasteiger partial charge in [-0.1, -0.05) is 12.1 Å². The number of sulfonamides is 1. The number of halogens is 1. The SMILES string of the molecule is CC(C)Oc1ccc(S(=O)(=O)NC2(c3ccc(F)cc3)CC2)cc1. The minimum Gasteiger partial charge on any atom is -0.491 e. The molecule has 2 aromatic carbocycles. The van der Waals surface area contributed by atoms with Crippen LogP contribution >= 0.6 is 0 Å². The van der Waals surface area contributed by atoms with Crippen molar-refractivity contribution in [2.75, 3.05) is 0 Å². The van der Waals surface area contributed by atoms with Crippen molar-refractivity contribution in [3.63, 3.8) is 0 Å². The van der Waals surface area contributed by atoms with Crippen molar-refractivity contribution in [3.05, 3.63) is 59.9 Å². The summed E-state index contributed by atoms with van der Waals surface area (Å²) in [5.41, 5.74) is 0.159. The summed E-state index contributed by atoms with van der Waals surface area (Å²) in [7, 11) is -3.66. The summed E-state index contributed by atoms with van der Waals surface area (Å²) >= 11 is 0. The molecule has 1 saturated carbocycles. The van der Waals surface area contributed by atoms with Crippen LogP contribution in [-0.4, -0.2) is 14.5 Å². The van der Waals surface area contributed by atoms with Gasteiger partial charge in [-0.3, -0.25) is 0 Å². The molecule has 0 aliphatic heterocycles. The Morgan fingerprint density at radius 2 is 1.62 bits per heavy atom. The maximum Gasteiger partial charge on any atom is 0.241 e. The molecule has 0 saturated heterocycles. The van der Waals surface area contributed by atoms with E-state index in [0.29, 0.717) is 18.6 Å². The van der Waals surface area contributed by atoms with E-state index in [1.807, 2.05) is 13.8 Å². The van der Waals surface area contributed by atoms with Crippen molar-refractivity contribution >= 4 is 10.0 Å². The number of hydrogen-bond acceptors (Lipinski definition) is 3. The lowest BCUT2D eigenvalue weighted by atomic mass is 10.1. The molecule has 4 nitrogen and oxygen atoms in total. The van der Waals surface area contributed by atoms with Crippen molar-refractivity contribution in [2.24, 2.45) is 0 Å². The first kappa shape index (κ1) is 16.9. The maximum absolute atomic E-state index is 13.1. The zero-order chi connectivity index (χ0) is 17.4. The highest BCUT2D eigenvalue weighted by atomic mass is 32.2. The molecule has 1 aliphatic carbocycles. The molecule has 0 amide bonds. The quantitative estimate of drug-likeness (QED) is 0.867. The Labute approximate surface area is 141 Å². The molecule has 0 atom stereocenters. The van der Waals surface area contributed by atoms with Crippen molar-refractivity contribution < 1.29 is 17.5 Å². The summed E-state index contributed by atoms with van der Waals surface area (Å²) in [6, 6.07) is 12.3. The molecule has 0 unspecified atom stereocenters. The predicted octanol–water partition coefficient (Wildman–Crippen LogP) is 3.58. The van der Waals surface area contributed by atoms with Crippen LogP contribution in [0.5, 0.6) is 5.75 Å². The molecule has 0 heterocycles. The maximum atomic E-state index is 13.1. The van der Waals surface area contributed by atoms with Gasteiger partial charge in [0, 0.05) is 0 Å². The molecule has 128 valence electrons. The number of benzene rings is 2. The third-order valence-electron chi connectivity index (χ3n) is 3.98. The minimum absolute atomic E-state index is 0.0267. The molecular weight excluding hydrogens is 329 g/mol. The number of ether oxygens (including phenoxy) is 1. The van der Waals surface area contributed by atoms with Crippen LogP contribution in [0.4, 0.5) is 4.39 Å². The van der Waals surface area contributed by atoms with E-state index >= 15 is 0 Å². The van der Waals surface area contributed by atoms with Gasteiger partial charge >= 0.3 is 0 Å². The zero-order valence-corrected chi connectivity index (χ0v) is 14.4. The summed E-state index contributed by atoms with van der Waals surface area (Å²) < 4.78 is 46.6. The summed E-state index contributed by atoms with van der Waals surface area (Å²) in [6.45, 7) is 3.82. The van der Waals surface area contributed by atoms with Crippen LogP contribution in [0.1, 0.15) is 32.3 Å². The smallest absolute Gasteiger partial charge is 0.241 e. The lowest BCUT2D eigenvalue weighted by Crippen LogP contribution is -2.34. The number of nitrogens with one attached hydrogen (secondary N) is 1. The van der Waals surface area contributed by atoms with Gasteiger partial charge < -0.3 is 4.74 Å². The topological polar surface area (TPSA) is 55.4 Å². The first-order chi connectivity index (χ1) is 11.3. The molecule has 0 aromatic heterocycles. The monoisotopic (exact) mass is 349 g/mol. The summed E-state index contributed by atoms with van der Waals surface area (Å²) in [5.74, 6) is 0.293. The molecule has 6 heteroatoms. The zero-order valence-electron chi connectivity index (χ0n) is 13.6.